The van der Waals surface area contributed by atoms with Gasteiger partial charge in [-0.1, -0.05) is 322 Å². The Balaban J connectivity index is 0.000000118. The molecule has 23 aromatic rings. The molecule has 0 amide bonds. The molecule has 0 radical (unpaired) electrons. The molecule has 0 unspecified atom stereocenters. The number of hydrogen-bond acceptors (Lipinski definition) is 6. The maximum Gasteiger partial charge on any atom is 0.0494 e. The zero-order valence-electron chi connectivity index (χ0n) is 72.1. The molecule has 129 heavy (non-hydrogen) atoms. The highest BCUT2D eigenvalue weighted by Gasteiger charge is 2.23. The summed E-state index contributed by atoms with van der Waals surface area (Å²) in [4.78, 5) is 13.8. The van der Waals surface area contributed by atoms with Gasteiger partial charge in [0.2, 0.25) is 0 Å². The molecule has 6 nitrogen and oxygen atoms in total. The lowest BCUT2D eigenvalue weighted by molar-refractivity contribution is 1.21. The maximum absolute atomic E-state index is 2.33. The van der Waals surface area contributed by atoms with Gasteiger partial charge in [-0.25, -0.2) is 0 Å². The van der Waals surface area contributed by atoms with Crippen LogP contribution in [0.2, 0.25) is 0 Å². The van der Waals surface area contributed by atoms with Gasteiger partial charge in [0.1, 0.15) is 0 Å². The SMILES string of the molecule is CN(c1ccc(N(c2ccccc2)c2cccc(-c3ccccc3)c2)cc1)c1cc2ccccc2c2ccccc12.CN(c1ccc(N(c2ccccc2)c2cccc(-c3ccccc3)c2)cc1)c1ccc2c3cccc4cccc(c5cccc1c52)c43.CN(c1ccc(N(c2ccccc2)c2cccc(-c3ccccc3)c2)cc1)c1ccc2cc3ccccc3cc2c1. The van der Waals surface area contributed by atoms with Gasteiger partial charge < -0.3 is 29.4 Å². The molecule has 0 aliphatic rings. The van der Waals surface area contributed by atoms with Gasteiger partial charge in [0.25, 0.3) is 0 Å². The third kappa shape index (κ3) is 16.0. The third-order valence-corrected chi connectivity index (χ3v) is 25.2. The zero-order chi connectivity index (χ0) is 86.5. The zero-order valence-corrected chi connectivity index (χ0v) is 72.1. The first kappa shape index (κ1) is 79.4. The van der Waals surface area contributed by atoms with Crippen molar-refractivity contribution in [3.05, 3.63) is 504 Å². The average molecular weight is 1650 g/mol. The Labute approximate surface area is 753 Å². The van der Waals surface area contributed by atoms with Crippen LogP contribution in [0.3, 0.4) is 0 Å². The molecule has 614 valence electrons. The van der Waals surface area contributed by atoms with Crippen molar-refractivity contribution < 1.29 is 0 Å². The van der Waals surface area contributed by atoms with Crippen LogP contribution in [-0.2, 0) is 0 Å². The topological polar surface area (TPSA) is 19.4 Å². The minimum absolute atomic E-state index is 1.11. The average Bonchev–Trinajstić information content (AvgIpc) is 0.715. The van der Waals surface area contributed by atoms with Crippen molar-refractivity contribution >= 4 is 171 Å². The van der Waals surface area contributed by atoms with Crippen molar-refractivity contribution in [3.8, 4) is 33.4 Å². The lowest BCUT2D eigenvalue weighted by atomic mass is 9.89. The fourth-order valence-electron chi connectivity index (χ4n) is 18.7. The number of nitrogens with zero attached hydrogens (tertiary/aromatic N) is 6. The van der Waals surface area contributed by atoms with Gasteiger partial charge in [-0.05, 0) is 291 Å². The summed E-state index contributed by atoms with van der Waals surface area (Å²) in [6, 6.07) is 181. The molecule has 23 rings (SSSR count). The molecule has 0 aromatic heterocycles. The van der Waals surface area contributed by atoms with Crippen molar-refractivity contribution in [1.29, 1.82) is 0 Å². The molecule has 0 aliphatic carbocycles. The van der Waals surface area contributed by atoms with Crippen LogP contribution in [0.5, 0.6) is 0 Å². The van der Waals surface area contributed by atoms with Crippen LogP contribution in [0.1, 0.15) is 0 Å². The standard InChI is InChI=1S/C45H32N2.2C39H30N2/c1-46(43-29-28-41-39-21-10-15-32-14-9-20-38(44(32)39)40-22-11-23-42(43)45(40)41)34-24-26-36(27-25-34)47(35-17-6-3-7-18-35)37-19-8-16-33(30-37)31-12-4-2-5-13-31;1-40(39-28-31-15-8-9-20-36(31)37-21-10-11-22-38(37)39)32-23-25-34(26-24-32)41(33-17-6-3-7-18-33)35-19-12-16-30(27-35)29-13-4-2-5-14-29;1-40(38-20-19-33-25-30-13-8-9-14-31(30)26-34(33)28-38)35-21-23-37(24-22-35)41(36-16-6-3-7-17-36)39-18-10-15-32(27-39)29-11-4-2-5-12-29/h2-30H,1H3;2*2-28H,1H3. The summed E-state index contributed by atoms with van der Waals surface area (Å²) in [5, 5.41) is 20.6. The van der Waals surface area contributed by atoms with Crippen molar-refractivity contribution in [1.82, 2.24) is 0 Å². The molecule has 23 aromatic carbocycles. The predicted octanol–water partition coefficient (Wildman–Crippen LogP) is 34.4. The fourth-order valence-corrected chi connectivity index (χ4v) is 18.7. The summed E-state index contributed by atoms with van der Waals surface area (Å²) in [7, 11) is 6.47. The number of para-hydroxylation sites is 3. The van der Waals surface area contributed by atoms with Crippen LogP contribution in [-0.4, -0.2) is 21.1 Å². The van der Waals surface area contributed by atoms with E-state index in [1.807, 2.05) is 0 Å². The Morgan fingerprint density at radius 2 is 0.411 bits per heavy atom. The van der Waals surface area contributed by atoms with Crippen LogP contribution < -0.4 is 29.4 Å². The monoisotopic (exact) mass is 1650 g/mol. The molecule has 0 atom stereocenters. The number of fused-ring (bicyclic) bond motifs is 7. The molecular formula is C123H92N6. The molecule has 6 heteroatoms. The van der Waals surface area contributed by atoms with Crippen LogP contribution in [0.25, 0.3) is 120 Å². The first-order chi connectivity index (χ1) is 63.7. The van der Waals surface area contributed by atoms with E-state index in [9.17, 15) is 0 Å². The highest BCUT2D eigenvalue weighted by atomic mass is 15.2. The van der Waals surface area contributed by atoms with Crippen LogP contribution in [0, 0.1) is 0 Å². The number of rotatable bonds is 18. The van der Waals surface area contributed by atoms with Gasteiger partial charge in [-0.3, -0.25) is 0 Å². The molecule has 0 N–H and O–H groups in total. The molecular weight excluding hydrogens is 1560 g/mol. The Bertz CT molecular complexity index is 7840. The summed E-state index contributed by atoms with van der Waals surface area (Å²) < 4.78 is 0. The van der Waals surface area contributed by atoms with Crippen LogP contribution >= 0.6 is 0 Å². The molecule has 0 aliphatic heterocycles. The lowest BCUT2D eigenvalue weighted by Gasteiger charge is -2.27. The highest BCUT2D eigenvalue weighted by Crippen LogP contribution is 2.48. The molecule has 0 bridgehead atoms. The molecule has 0 fully saturated rings. The Kier molecular flexibility index (Phi) is 21.8. The van der Waals surface area contributed by atoms with E-state index in [-0.39, 0.29) is 0 Å². The predicted molar refractivity (Wildman–Crippen MR) is 554 cm³/mol. The minimum atomic E-state index is 1.11. The van der Waals surface area contributed by atoms with E-state index in [0.717, 1.165) is 73.9 Å². The minimum Gasteiger partial charge on any atom is -0.345 e. The summed E-state index contributed by atoms with van der Waals surface area (Å²) >= 11 is 0. The Hall–Kier alpha value is -16.8. The van der Waals surface area contributed by atoms with Crippen molar-refractivity contribution in [2.24, 2.45) is 0 Å². The Morgan fingerprint density at radius 1 is 0.124 bits per heavy atom. The second-order valence-electron chi connectivity index (χ2n) is 33.0. The molecule has 0 saturated heterocycles. The summed E-state index contributed by atoms with van der Waals surface area (Å²) in [6.45, 7) is 0. The van der Waals surface area contributed by atoms with E-state index in [2.05, 4.69) is 554 Å². The lowest BCUT2D eigenvalue weighted by Crippen LogP contribution is -2.12. The smallest absolute Gasteiger partial charge is 0.0494 e. The first-order valence-corrected chi connectivity index (χ1v) is 44.2. The number of hydrogen-bond donors (Lipinski definition) is 0. The summed E-state index contributed by atoms with van der Waals surface area (Å²) in [6.07, 6.45) is 0. The van der Waals surface area contributed by atoms with E-state index < -0.39 is 0 Å². The van der Waals surface area contributed by atoms with E-state index in [1.165, 1.54) is 131 Å². The normalized spacial score (nSPS) is 11.2. The largest absolute Gasteiger partial charge is 0.345 e. The molecule has 0 heterocycles. The molecule has 0 spiro atoms. The number of benzene rings is 23. The van der Waals surface area contributed by atoms with Crippen LogP contribution in [0.4, 0.5) is 85.3 Å². The van der Waals surface area contributed by atoms with Crippen molar-refractivity contribution in [3.63, 3.8) is 0 Å². The second-order valence-corrected chi connectivity index (χ2v) is 33.0. The van der Waals surface area contributed by atoms with Crippen molar-refractivity contribution in [2.75, 3.05) is 50.5 Å². The highest BCUT2D eigenvalue weighted by molar-refractivity contribution is 6.34. The van der Waals surface area contributed by atoms with Gasteiger partial charge in [-0.15, -0.1) is 0 Å². The van der Waals surface area contributed by atoms with Gasteiger partial charge >= 0.3 is 0 Å². The number of anilines is 15. The summed E-state index contributed by atoms with van der Waals surface area (Å²) in [5.74, 6) is 0. The molecule has 0 saturated carbocycles. The maximum atomic E-state index is 2.33. The van der Waals surface area contributed by atoms with Gasteiger partial charge in [0.05, 0.1) is 0 Å². The van der Waals surface area contributed by atoms with Gasteiger partial charge in [0, 0.05) is 117 Å². The van der Waals surface area contributed by atoms with Crippen molar-refractivity contribution in [2.45, 2.75) is 0 Å². The Morgan fingerprint density at radius 3 is 0.868 bits per heavy atom. The van der Waals surface area contributed by atoms with E-state index in [4.69, 9.17) is 0 Å². The van der Waals surface area contributed by atoms with Crippen LogP contribution in [0.15, 0.2) is 504 Å². The van der Waals surface area contributed by atoms with Gasteiger partial charge in [-0.2, -0.15) is 0 Å². The van der Waals surface area contributed by atoms with Gasteiger partial charge in [0.15, 0.2) is 0 Å². The van der Waals surface area contributed by atoms with E-state index in [0.29, 0.717) is 0 Å². The first-order valence-electron chi connectivity index (χ1n) is 44.2. The third-order valence-electron chi connectivity index (χ3n) is 25.2. The quantitative estimate of drug-likeness (QED) is 0.0625. The summed E-state index contributed by atoms with van der Waals surface area (Å²) in [5.41, 5.74) is 24.3. The van der Waals surface area contributed by atoms with E-state index >= 15 is 0 Å². The second kappa shape index (κ2) is 35.4. The fraction of sp³-hybridized carbons (Fsp3) is 0.0244. The van der Waals surface area contributed by atoms with E-state index in [1.54, 1.807) is 0 Å².